The third-order valence-electron chi connectivity index (χ3n) is 5.25. The van der Waals surface area contributed by atoms with Crippen LogP contribution in [-0.4, -0.2) is 50.4 Å². The summed E-state index contributed by atoms with van der Waals surface area (Å²) in [6.07, 6.45) is 0. The molecule has 1 saturated heterocycles. The van der Waals surface area contributed by atoms with Crippen molar-refractivity contribution in [3.8, 4) is 11.5 Å². The van der Waals surface area contributed by atoms with Crippen LogP contribution in [0.2, 0.25) is 5.02 Å². The number of oxazole rings is 1. The maximum absolute atomic E-state index is 13.5. The van der Waals surface area contributed by atoms with Gasteiger partial charge in [-0.05, 0) is 37.3 Å². The molecule has 0 radical (unpaired) electrons. The average molecular weight is 460 g/mol. The van der Waals surface area contributed by atoms with Gasteiger partial charge in [0, 0.05) is 43.7 Å². The zero-order valence-corrected chi connectivity index (χ0v) is 18.8. The Morgan fingerprint density at radius 1 is 1.06 bits per heavy atom. The molecule has 0 unspecified atom stereocenters. The number of piperazine rings is 1. The van der Waals surface area contributed by atoms with Crippen molar-refractivity contribution in [1.29, 1.82) is 0 Å². The van der Waals surface area contributed by atoms with E-state index in [1.807, 2.05) is 11.8 Å². The molecule has 3 aromatic rings. The summed E-state index contributed by atoms with van der Waals surface area (Å²) in [5.74, 6) is 0.347. The Morgan fingerprint density at radius 2 is 1.74 bits per heavy atom. The first-order chi connectivity index (χ1) is 14.8. The van der Waals surface area contributed by atoms with Crippen LogP contribution in [0.1, 0.15) is 12.5 Å². The van der Waals surface area contributed by atoms with Crippen molar-refractivity contribution >= 4 is 33.2 Å². The standard InChI is InChI=1S/C22H22ClN3O4S/c1-15-6-8-19(9-7-15)31(28,29)21-22(26-12-10-25(11-13-26)16(2)27)30-20(24-21)17-4-3-5-18(23)14-17/h3-9,14H,10-13H2,1-2H3. The topological polar surface area (TPSA) is 83.7 Å². The molecular weight excluding hydrogens is 438 g/mol. The number of rotatable bonds is 4. The number of benzene rings is 2. The molecule has 0 aliphatic carbocycles. The van der Waals surface area contributed by atoms with Gasteiger partial charge in [0.25, 0.3) is 0 Å². The molecular formula is C22H22ClN3O4S. The normalized spacial score (nSPS) is 14.7. The number of amides is 1. The number of aryl methyl sites for hydroxylation is 1. The van der Waals surface area contributed by atoms with Crippen LogP contribution in [-0.2, 0) is 14.6 Å². The summed E-state index contributed by atoms with van der Waals surface area (Å²) in [6, 6.07) is 13.5. The third kappa shape index (κ3) is 4.31. The molecule has 2 aromatic carbocycles. The minimum absolute atomic E-state index is 0.00987. The monoisotopic (exact) mass is 459 g/mol. The molecule has 0 N–H and O–H groups in total. The molecule has 1 aliphatic heterocycles. The van der Waals surface area contributed by atoms with Crippen molar-refractivity contribution < 1.29 is 17.6 Å². The highest BCUT2D eigenvalue weighted by Crippen LogP contribution is 2.35. The molecule has 2 heterocycles. The lowest BCUT2D eigenvalue weighted by Gasteiger charge is -2.34. The number of carbonyl (C=O) groups is 1. The van der Waals surface area contributed by atoms with Crippen molar-refractivity contribution in [3.05, 3.63) is 59.1 Å². The largest absolute Gasteiger partial charge is 0.419 e. The summed E-state index contributed by atoms with van der Waals surface area (Å²) in [7, 11) is -3.92. The molecule has 0 saturated carbocycles. The van der Waals surface area contributed by atoms with Gasteiger partial charge in [-0.3, -0.25) is 4.79 Å². The number of sulfone groups is 1. The molecule has 1 amide bonds. The SMILES string of the molecule is CC(=O)N1CCN(c2oc(-c3cccc(Cl)c3)nc2S(=O)(=O)c2ccc(C)cc2)CC1. The van der Waals surface area contributed by atoms with Gasteiger partial charge in [-0.25, -0.2) is 8.42 Å². The quantitative estimate of drug-likeness (QED) is 0.590. The molecule has 1 fully saturated rings. The summed E-state index contributed by atoms with van der Waals surface area (Å²) in [5.41, 5.74) is 1.54. The number of nitrogens with zero attached hydrogens (tertiary/aromatic N) is 3. The van der Waals surface area contributed by atoms with Crippen molar-refractivity contribution in [3.63, 3.8) is 0 Å². The smallest absolute Gasteiger partial charge is 0.236 e. The predicted octanol–water partition coefficient (Wildman–Crippen LogP) is 3.80. The van der Waals surface area contributed by atoms with Crippen molar-refractivity contribution in [2.75, 3.05) is 31.1 Å². The highest BCUT2D eigenvalue weighted by atomic mass is 35.5. The lowest BCUT2D eigenvalue weighted by molar-refractivity contribution is -0.129. The summed E-state index contributed by atoms with van der Waals surface area (Å²) in [5, 5.41) is 0.359. The second-order valence-electron chi connectivity index (χ2n) is 7.45. The number of hydrogen-bond donors (Lipinski definition) is 0. The lowest BCUT2D eigenvalue weighted by Crippen LogP contribution is -2.48. The fraction of sp³-hybridized carbons (Fsp3) is 0.273. The highest BCUT2D eigenvalue weighted by Gasteiger charge is 2.33. The van der Waals surface area contributed by atoms with Gasteiger partial charge >= 0.3 is 0 Å². The summed E-state index contributed by atoms with van der Waals surface area (Å²) >= 11 is 6.10. The van der Waals surface area contributed by atoms with E-state index in [9.17, 15) is 13.2 Å². The Hall–Kier alpha value is -2.84. The Bertz CT molecular complexity index is 1210. The van der Waals surface area contributed by atoms with E-state index in [1.54, 1.807) is 53.4 Å². The Kier molecular flexibility index (Phi) is 5.77. The van der Waals surface area contributed by atoms with Crippen LogP contribution in [0, 0.1) is 6.92 Å². The van der Waals surface area contributed by atoms with Gasteiger partial charge in [-0.1, -0.05) is 35.4 Å². The van der Waals surface area contributed by atoms with Gasteiger partial charge in [-0.15, -0.1) is 0 Å². The Morgan fingerprint density at radius 3 is 2.35 bits per heavy atom. The van der Waals surface area contributed by atoms with Crippen LogP contribution < -0.4 is 4.90 Å². The van der Waals surface area contributed by atoms with Crippen molar-refractivity contribution in [1.82, 2.24) is 9.88 Å². The van der Waals surface area contributed by atoms with E-state index in [0.717, 1.165) is 5.56 Å². The van der Waals surface area contributed by atoms with Gasteiger partial charge in [0.1, 0.15) is 0 Å². The summed E-state index contributed by atoms with van der Waals surface area (Å²) < 4.78 is 32.9. The number of aromatic nitrogens is 1. The summed E-state index contributed by atoms with van der Waals surface area (Å²) in [6.45, 7) is 5.26. The van der Waals surface area contributed by atoms with E-state index in [2.05, 4.69) is 4.98 Å². The first-order valence-electron chi connectivity index (χ1n) is 9.85. The number of carbonyl (C=O) groups excluding carboxylic acids is 1. The lowest BCUT2D eigenvalue weighted by atomic mass is 10.2. The molecule has 162 valence electrons. The zero-order valence-electron chi connectivity index (χ0n) is 17.2. The van der Waals surface area contributed by atoms with Gasteiger partial charge in [0.2, 0.25) is 32.5 Å². The molecule has 1 aliphatic rings. The van der Waals surface area contributed by atoms with E-state index in [1.165, 1.54) is 6.92 Å². The van der Waals surface area contributed by atoms with E-state index in [4.69, 9.17) is 16.0 Å². The third-order valence-corrected chi connectivity index (χ3v) is 7.15. The van der Waals surface area contributed by atoms with Gasteiger partial charge in [0.05, 0.1) is 4.90 Å². The molecule has 0 atom stereocenters. The first kappa shape index (κ1) is 21.4. The van der Waals surface area contributed by atoms with Crippen LogP contribution in [0.25, 0.3) is 11.5 Å². The van der Waals surface area contributed by atoms with E-state index in [-0.39, 0.29) is 27.6 Å². The van der Waals surface area contributed by atoms with E-state index >= 15 is 0 Å². The molecule has 9 heteroatoms. The van der Waals surface area contributed by atoms with Crippen LogP contribution in [0.5, 0.6) is 0 Å². The average Bonchev–Trinajstić information content (AvgIpc) is 3.21. The second-order valence-corrected chi connectivity index (χ2v) is 9.75. The Balaban J connectivity index is 1.79. The van der Waals surface area contributed by atoms with Crippen LogP contribution in [0.3, 0.4) is 0 Å². The fourth-order valence-electron chi connectivity index (χ4n) is 3.47. The number of halogens is 1. The zero-order chi connectivity index (χ0) is 22.2. The highest BCUT2D eigenvalue weighted by molar-refractivity contribution is 7.91. The minimum Gasteiger partial charge on any atom is -0.419 e. The minimum atomic E-state index is -3.92. The van der Waals surface area contributed by atoms with Gasteiger partial charge in [0.15, 0.2) is 0 Å². The fourth-order valence-corrected chi connectivity index (χ4v) is 4.98. The second kappa shape index (κ2) is 8.36. The van der Waals surface area contributed by atoms with E-state index < -0.39 is 9.84 Å². The molecule has 1 aromatic heterocycles. The molecule has 7 nitrogen and oxygen atoms in total. The molecule has 0 spiro atoms. The van der Waals surface area contributed by atoms with Gasteiger partial charge < -0.3 is 14.2 Å². The van der Waals surface area contributed by atoms with E-state index in [0.29, 0.717) is 36.8 Å². The summed E-state index contributed by atoms with van der Waals surface area (Å²) in [4.78, 5) is 19.7. The van der Waals surface area contributed by atoms with Crippen LogP contribution >= 0.6 is 11.6 Å². The number of anilines is 1. The molecule has 0 bridgehead atoms. The maximum Gasteiger partial charge on any atom is 0.236 e. The maximum atomic E-state index is 13.5. The molecule has 31 heavy (non-hydrogen) atoms. The predicted molar refractivity (Wildman–Crippen MR) is 118 cm³/mol. The number of hydrogen-bond acceptors (Lipinski definition) is 6. The van der Waals surface area contributed by atoms with Gasteiger partial charge in [-0.2, -0.15) is 4.98 Å². The van der Waals surface area contributed by atoms with Crippen molar-refractivity contribution in [2.24, 2.45) is 0 Å². The van der Waals surface area contributed by atoms with Crippen molar-refractivity contribution in [2.45, 2.75) is 23.8 Å². The Labute approximate surface area is 186 Å². The van der Waals surface area contributed by atoms with Crippen LogP contribution in [0.15, 0.2) is 62.9 Å². The first-order valence-corrected chi connectivity index (χ1v) is 11.7. The van der Waals surface area contributed by atoms with Crippen LogP contribution in [0.4, 0.5) is 5.88 Å². The molecule has 4 rings (SSSR count).